The topological polar surface area (TPSA) is 20.2 Å². The molecule has 0 aliphatic rings. The molecule has 82 valence electrons. The Balaban J connectivity index is 2.63. The summed E-state index contributed by atoms with van der Waals surface area (Å²) in [6.45, 7) is 6.06. The van der Waals surface area contributed by atoms with Crippen molar-refractivity contribution in [3.8, 4) is 16.9 Å². The van der Waals surface area contributed by atoms with Crippen molar-refractivity contribution in [3.05, 3.63) is 53.1 Å². The Labute approximate surface area is 96.4 Å². The van der Waals surface area contributed by atoms with Gasteiger partial charge in [0.1, 0.15) is 5.75 Å². The quantitative estimate of drug-likeness (QED) is 0.758. The van der Waals surface area contributed by atoms with E-state index in [1.54, 1.807) is 0 Å². The number of phenolic OH excluding ortho intramolecular Hbond substituents is 1. The number of hydrogen-bond acceptors (Lipinski definition) is 1. The predicted molar refractivity (Wildman–Crippen MR) is 67.8 cm³/mol. The summed E-state index contributed by atoms with van der Waals surface area (Å²) in [7, 11) is 0. The second-order valence-electron chi connectivity index (χ2n) is 4.35. The molecule has 16 heavy (non-hydrogen) atoms. The highest BCUT2D eigenvalue weighted by Gasteiger charge is 2.06. The van der Waals surface area contributed by atoms with Crippen molar-refractivity contribution in [2.75, 3.05) is 0 Å². The third-order valence-electron chi connectivity index (χ3n) is 2.77. The third kappa shape index (κ3) is 1.94. The van der Waals surface area contributed by atoms with Crippen LogP contribution in [-0.4, -0.2) is 5.11 Å². The van der Waals surface area contributed by atoms with Gasteiger partial charge in [-0.25, -0.2) is 0 Å². The van der Waals surface area contributed by atoms with Gasteiger partial charge in [0.05, 0.1) is 0 Å². The SMILES string of the molecule is Cc1cc(C)cc(-c2cccc(C)c2O)c1. The minimum atomic E-state index is 0.382. The number of aromatic hydroxyl groups is 1. The van der Waals surface area contributed by atoms with E-state index in [4.69, 9.17) is 0 Å². The number of benzene rings is 2. The smallest absolute Gasteiger partial charge is 0.126 e. The first-order valence-corrected chi connectivity index (χ1v) is 5.45. The van der Waals surface area contributed by atoms with Crippen LogP contribution in [0.5, 0.6) is 5.75 Å². The lowest BCUT2D eigenvalue weighted by atomic mass is 9.98. The summed E-state index contributed by atoms with van der Waals surface area (Å²) in [5.41, 5.74) is 5.34. The fourth-order valence-electron chi connectivity index (χ4n) is 2.02. The molecule has 0 amide bonds. The molecule has 0 fully saturated rings. The lowest BCUT2D eigenvalue weighted by Crippen LogP contribution is -1.85. The second-order valence-corrected chi connectivity index (χ2v) is 4.35. The summed E-state index contributed by atoms with van der Waals surface area (Å²) >= 11 is 0. The number of phenols is 1. The molecule has 0 heterocycles. The second kappa shape index (κ2) is 4.01. The average Bonchev–Trinajstić information content (AvgIpc) is 2.20. The maximum absolute atomic E-state index is 10.0. The summed E-state index contributed by atoms with van der Waals surface area (Å²) in [4.78, 5) is 0. The van der Waals surface area contributed by atoms with Gasteiger partial charge >= 0.3 is 0 Å². The molecule has 0 aliphatic heterocycles. The van der Waals surface area contributed by atoms with E-state index in [-0.39, 0.29) is 0 Å². The van der Waals surface area contributed by atoms with Crippen LogP contribution in [-0.2, 0) is 0 Å². The van der Waals surface area contributed by atoms with Crippen molar-refractivity contribution in [1.82, 2.24) is 0 Å². The molecule has 0 radical (unpaired) electrons. The van der Waals surface area contributed by atoms with Crippen molar-refractivity contribution in [3.63, 3.8) is 0 Å². The van der Waals surface area contributed by atoms with E-state index >= 15 is 0 Å². The monoisotopic (exact) mass is 212 g/mol. The zero-order valence-corrected chi connectivity index (χ0v) is 9.91. The number of aryl methyl sites for hydroxylation is 3. The molecule has 0 atom stereocenters. The third-order valence-corrected chi connectivity index (χ3v) is 2.77. The normalized spacial score (nSPS) is 10.4. The predicted octanol–water partition coefficient (Wildman–Crippen LogP) is 3.98. The van der Waals surface area contributed by atoms with Gasteiger partial charge in [0.25, 0.3) is 0 Å². The minimum absolute atomic E-state index is 0.382. The zero-order valence-electron chi connectivity index (χ0n) is 9.91. The van der Waals surface area contributed by atoms with Crippen LogP contribution < -0.4 is 0 Å². The largest absolute Gasteiger partial charge is 0.507 e. The Morgan fingerprint density at radius 1 is 0.875 bits per heavy atom. The van der Waals surface area contributed by atoms with Crippen molar-refractivity contribution in [1.29, 1.82) is 0 Å². The first-order valence-electron chi connectivity index (χ1n) is 5.45. The summed E-state index contributed by atoms with van der Waals surface area (Å²) in [5.74, 6) is 0.382. The first-order chi connectivity index (χ1) is 7.58. The van der Waals surface area contributed by atoms with Gasteiger partial charge in [-0.05, 0) is 31.9 Å². The van der Waals surface area contributed by atoms with E-state index in [0.717, 1.165) is 16.7 Å². The van der Waals surface area contributed by atoms with Crippen LogP contribution in [0.25, 0.3) is 11.1 Å². The van der Waals surface area contributed by atoms with Crippen LogP contribution in [0.2, 0.25) is 0 Å². The molecule has 2 aromatic rings. The molecule has 0 aromatic heterocycles. The summed E-state index contributed by atoms with van der Waals surface area (Å²) in [5, 5.41) is 10.0. The van der Waals surface area contributed by atoms with Crippen LogP contribution in [0.1, 0.15) is 16.7 Å². The molecule has 1 N–H and O–H groups in total. The number of rotatable bonds is 1. The molecular formula is C15H16O. The maximum atomic E-state index is 10.0. The molecule has 0 unspecified atom stereocenters. The molecule has 1 heteroatoms. The van der Waals surface area contributed by atoms with Crippen LogP contribution in [0.3, 0.4) is 0 Å². The van der Waals surface area contributed by atoms with E-state index in [0.29, 0.717) is 5.75 Å². The lowest BCUT2D eigenvalue weighted by molar-refractivity contribution is 0.473. The fraction of sp³-hybridized carbons (Fsp3) is 0.200. The molecule has 0 saturated carbocycles. The molecule has 2 aromatic carbocycles. The Morgan fingerprint density at radius 3 is 2.12 bits per heavy atom. The van der Waals surface area contributed by atoms with Crippen LogP contribution in [0.4, 0.5) is 0 Å². The van der Waals surface area contributed by atoms with E-state index in [2.05, 4.69) is 32.0 Å². The fourth-order valence-corrected chi connectivity index (χ4v) is 2.02. The number of para-hydroxylation sites is 1. The summed E-state index contributed by atoms with van der Waals surface area (Å²) < 4.78 is 0. The van der Waals surface area contributed by atoms with E-state index in [1.165, 1.54) is 11.1 Å². The van der Waals surface area contributed by atoms with Crippen molar-refractivity contribution < 1.29 is 5.11 Å². The molecule has 0 aliphatic carbocycles. The molecular weight excluding hydrogens is 196 g/mol. The standard InChI is InChI=1S/C15H16O/c1-10-7-11(2)9-13(8-10)14-6-4-5-12(3)15(14)16/h4-9,16H,1-3H3. The van der Waals surface area contributed by atoms with E-state index in [9.17, 15) is 5.11 Å². The lowest BCUT2D eigenvalue weighted by Gasteiger charge is -2.09. The van der Waals surface area contributed by atoms with Gasteiger partial charge in [-0.3, -0.25) is 0 Å². The molecule has 0 saturated heterocycles. The highest BCUT2D eigenvalue weighted by Crippen LogP contribution is 2.32. The molecule has 0 spiro atoms. The highest BCUT2D eigenvalue weighted by atomic mass is 16.3. The van der Waals surface area contributed by atoms with Gasteiger partial charge in [-0.1, -0.05) is 47.5 Å². The Bertz CT molecular complexity index is 507. The Hall–Kier alpha value is -1.76. The van der Waals surface area contributed by atoms with Gasteiger partial charge in [0, 0.05) is 5.56 Å². The van der Waals surface area contributed by atoms with Crippen molar-refractivity contribution >= 4 is 0 Å². The minimum Gasteiger partial charge on any atom is -0.507 e. The number of hydrogen-bond donors (Lipinski definition) is 1. The van der Waals surface area contributed by atoms with Crippen LogP contribution >= 0.6 is 0 Å². The average molecular weight is 212 g/mol. The van der Waals surface area contributed by atoms with Gasteiger partial charge < -0.3 is 5.11 Å². The van der Waals surface area contributed by atoms with Crippen molar-refractivity contribution in [2.24, 2.45) is 0 Å². The Kier molecular flexibility index (Phi) is 2.69. The molecule has 1 nitrogen and oxygen atoms in total. The van der Waals surface area contributed by atoms with Gasteiger partial charge in [0.2, 0.25) is 0 Å². The summed E-state index contributed by atoms with van der Waals surface area (Å²) in [6, 6.07) is 12.2. The molecule has 0 bridgehead atoms. The van der Waals surface area contributed by atoms with E-state index < -0.39 is 0 Å². The van der Waals surface area contributed by atoms with E-state index in [1.807, 2.05) is 25.1 Å². The van der Waals surface area contributed by atoms with Gasteiger partial charge in [-0.15, -0.1) is 0 Å². The van der Waals surface area contributed by atoms with Gasteiger partial charge in [0.15, 0.2) is 0 Å². The van der Waals surface area contributed by atoms with Crippen LogP contribution in [0.15, 0.2) is 36.4 Å². The van der Waals surface area contributed by atoms with Crippen LogP contribution in [0, 0.1) is 20.8 Å². The highest BCUT2D eigenvalue weighted by molar-refractivity contribution is 5.72. The Morgan fingerprint density at radius 2 is 1.50 bits per heavy atom. The van der Waals surface area contributed by atoms with Gasteiger partial charge in [-0.2, -0.15) is 0 Å². The molecule has 2 rings (SSSR count). The zero-order chi connectivity index (χ0) is 11.7. The summed E-state index contributed by atoms with van der Waals surface area (Å²) in [6.07, 6.45) is 0. The first kappa shape index (κ1) is 10.7. The maximum Gasteiger partial charge on any atom is 0.126 e. The van der Waals surface area contributed by atoms with Crippen molar-refractivity contribution in [2.45, 2.75) is 20.8 Å².